The standard InChI is InChI=1S/C22H28Br2O3/c1-25-19-11-7-17(8-12-19)21(5-3-15-23)27-22(6-4-16-24)18-9-13-20(26-2)14-10-18/h7-14,21-22H,3-6,15-16H2,1-2H3. The molecule has 0 aromatic heterocycles. The Labute approximate surface area is 179 Å². The zero-order chi connectivity index (χ0) is 19.5. The fourth-order valence-electron chi connectivity index (χ4n) is 2.99. The highest BCUT2D eigenvalue weighted by Gasteiger charge is 2.20. The van der Waals surface area contributed by atoms with E-state index in [2.05, 4.69) is 56.1 Å². The van der Waals surface area contributed by atoms with Gasteiger partial charge in [-0.3, -0.25) is 0 Å². The Bertz CT molecular complexity index is 586. The Hall–Kier alpha value is -1.04. The van der Waals surface area contributed by atoms with Crippen LogP contribution in [0.25, 0.3) is 0 Å². The van der Waals surface area contributed by atoms with E-state index in [0.29, 0.717) is 0 Å². The van der Waals surface area contributed by atoms with Gasteiger partial charge in [0.1, 0.15) is 11.5 Å². The van der Waals surface area contributed by atoms with E-state index in [1.54, 1.807) is 14.2 Å². The second kappa shape index (κ2) is 12.4. The molecule has 2 atom stereocenters. The number of halogens is 2. The van der Waals surface area contributed by atoms with Crippen molar-refractivity contribution >= 4 is 31.9 Å². The molecule has 0 heterocycles. The fourth-order valence-corrected chi connectivity index (χ4v) is 3.63. The van der Waals surface area contributed by atoms with Crippen LogP contribution in [0.5, 0.6) is 11.5 Å². The van der Waals surface area contributed by atoms with E-state index in [1.807, 2.05) is 24.3 Å². The van der Waals surface area contributed by atoms with E-state index in [4.69, 9.17) is 14.2 Å². The minimum atomic E-state index is 0.0517. The van der Waals surface area contributed by atoms with E-state index < -0.39 is 0 Å². The molecular weight excluding hydrogens is 472 g/mol. The van der Waals surface area contributed by atoms with Gasteiger partial charge in [0.15, 0.2) is 0 Å². The van der Waals surface area contributed by atoms with Gasteiger partial charge in [-0.2, -0.15) is 0 Å². The van der Waals surface area contributed by atoms with Crippen molar-refractivity contribution in [1.29, 1.82) is 0 Å². The molecule has 0 radical (unpaired) electrons. The number of ether oxygens (including phenoxy) is 3. The topological polar surface area (TPSA) is 27.7 Å². The summed E-state index contributed by atoms with van der Waals surface area (Å²) in [6, 6.07) is 16.4. The van der Waals surface area contributed by atoms with Crippen LogP contribution in [0.1, 0.15) is 49.0 Å². The maximum atomic E-state index is 6.65. The van der Waals surface area contributed by atoms with Gasteiger partial charge >= 0.3 is 0 Å². The molecule has 0 N–H and O–H groups in total. The van der Waals surface area contributed by atoms with Crippen molar-refractivity contribution in [2.75, 3.05) is 24.9 Å². The Morgan fingerprint density at radius 3 is 1.33 bits per heavy atom. The van der Waals surface area contributed by atoms with E-state index in [1.165, 1.54) is 11.1 Å². The minimum Gasteiger partial charge on any atom is -0.497 e. The quantitative estimate of drug-likeness (QED) is 0.299. The van der Waals surface area contributed by atoms with Crippen molar-refractivity contribution in [1.82, 2.24) is 0 Å². The highest BCUT2D eigenvalue weighted by Crippen LogP contribution is 2.34. The van der Waals surface area contributed by atoms with E-state index in [-0.39, 0.29) is 12.2 Å². The molecule has 0 fully saturated rings. The van der Waals surface area contributed by atoms with Gasteiger partial charge in [0.25, 0.3) is 0 Å². The Balaban J connectivity index is 2.21. The average molecular weight is 500 g/mol. The second-order valence-corrected chi connectivity index (χ2v) is 7.91. The van der Waals surface area contributed by atoms with Crippen LogP contribution in [0.2, 0.25) is 0 Å². The summed E-state index contributed by atoms with van der Waals surface area (Å²) >= 11 is 7.09. The third-order valence-electron chi connectivity index (χ3n) is 4.50. The van der Waals surface area contributed by atoms with Gasteiger partial charge in [-0.25, -0.2) is 0 Å². The van der Waals surface area contributed by atoms with Gasteiger partial charge in [0, 0.05) is 10.7 Å². The molecule has 0 saturated heterocycles. The van der Waals surface area contributed by atoms with Crippen LogP contribution < -0.4 is 9.47 Å². The normalized spacial score (nSPS) is 13.2. The van der Waals surface area contributed by atoms with Crippen LogP contribution >= 0.6 is 31.9 Å². The highest BCUT2D eigenvalue weighted by atomic mass is 79.9. The fraction of sp³-hybridized carbons (Fsp3) is 0.455. The first kappa shape index (κ1) is 22.3. The predicted molar refractivity (Wildman–Crippen MR) is 119 cm³/mol. The number of hydrogen-bond acceptors (Lipinski definition) is 3. The van der Waals surface area contributed by atoms with Crippen molar-refractivity contribution < 1.29 is 14.2 Å². The van der Waals surface area contributed by atoms with Gasteiger partial charge in [0.2, 0.25) is 0 Å². The van der Waals surface area contributed by atoms with Crippen LogP contribution in [-0.4, -0.2) is 24.9 Å². The summed E-state index contributed by atoms with van der Waals surface area (Å²) in [7, 11) is 3.38. The summed E-state index contributed by atoms with van der Waals surface area (Å²) in [4.78, 5) is 0. The van der Waals surface area contributed by atoms with Crippen molar-refractivity contribution in [3.63, 3.8) is 0 Å². The van der Waals surface area contributed by atoms with Gasteiger partial charge in [-0.15, -0.1) is 0 Å². The maximum Gasteiger partial charge on any atom is 0.118 e. The van der Waals surface area contributed by atoms with Gasteiger partial charge in [-0.05, 0) is 61.1 Å². The van der Waals surface area contributed by atoms with E-state index >= 15 is 0 Å². The summed E-state index contributed by atoms with van der Waals surface area (Å²) in [5.41, 5.74) is 2.38. The largest absolute Gasteiger partial charge is 0.497 e. The number of benzene rings is 2. The first-order valence-corrected chi connectivity index (χ1v) is 11.5. The molecule has 148 valence electrons. The summed E-state index contributed by atoms with van der Waals surface area (Å²) in [6.07, 6.45) is 4.17. The Morgan fingerprint density at radius 2 is 1.04 bits per heavy atom. The molecule has 2 unspecified atom stereocenters. The van der Waals surface area contributed by atoms with Crippen LogP contribution in [-0.2, 0) is 4.74 Å². The summed E-state index contributed by atoms with van der Waals surface area (Å²) in [5, 5.41) is 1.94. The molecule has 27 heavy (non-hydrogen) atoms. The number of alkyl halides is 2. The molecule has 0 spiro atoms. The Morgan fingerprint density at radius 1 is 0.667 bits per heavy atom. The molecule has 5 heteroatoms. The third-order valence-corrected chi connectivity index (χ3v) is 5.63. The molecule has 0 bridgehead atoms. The van der Waals surface area contributed by atoms with E-state index in [9.17, 15) is 0 Å². The molecule has 3 nitrogen and oxygen atoms in total. The minimum absolute atomic E-state index is 0.0517. The highest BCUT2D eigenvalue weighted by molar-refractivity contribution is 9.09. The molecule has 2 aromatic carbocycles. The van der Waals surface area contributed by atoms with Crippen LogP contribution in [0.4, 0.5) is 0 Å². The lowest BCUT2D eigenvalue weighted by atomic mass is 10.0. The van der Waals surface area contributed by atoms with Crippen molar-refractivity contribution in [3.8, 4) is 11.5 Å². The first-order chi connectivity index (χ1) is 13.2. The maximum absolute atomic E-state index is 6.65. The summed E-state index contributed by atoms with van der Waals surface area (Å²) in [6.45, 7) is 0. The van der Waals surface area contributed by atoms with Crippen molar-refractivity contribution in [3.05, 3.63) is 59.7 Å². The Kier molecular flexibility index (Phi) is 10.2. The molecule has 0 aliphatic rings. The lowest BCUT2D eigenvalue weighted by Crippen LogP contribution is -2.12. The lowest BCUT2D eigenvalue weighted by Gasteiger charge is -2.26. The number of rotatable bonds is 12. The van der Waals surface area contributed by atoms with Gasteiger partial charge in [-0.1, -0.05) is 56.1 Å². The molecule has 2 aromatic rings. The van der Waals surface area contributed by atoms with Crippen LogP contribution in [0.15, 0.2) is 48.5 Å². The first-order valence-electron chi connectivity index (χ1n) is 9.27. The molecule has 0 saturated carbocycles. The molecule has 2 rings (SSSR count). The predicted octanol–water partition coefficient (Wildman–Crippen LogP) is 6.85. The lowest BCUT2D eigenvalue weighted by molar-refractivity contribution is -0.0244. The van der Waals surface area contributed by atoms with Crippen molar-refractivity contribution in [2.24, 2.45) is 0 Å². The second-order valence-electron chi connectivity index (χ2n) is 6.32. The van der Waals surface area contributed by atoms with Crippen LogP contribution in [0.3, 0.4) is 0 Å². The van der Waals surface area contributed by atoms with E-state index in [0.717, 1.165) is 47.8 Å². The van der Waals surface area contributed by atoms with Crippen LogP contribution in [0, 0.1) is 0 Å². The average Bonchev–Trinajstić information content (AvgIpc) is 2.73. The summed E-state index contributed by atoms with van der Waals surface area (Å²) in [5.74, 6) is 1.73. The number of methoxy groups -OCH3 is 2. The molecular formula is C22H28Br2O3. The smallest absolute Gasteiger partial charge is 0.118 e. The SMILES string of the molecule is COc1ccc(C(CCCBr)OC(CCCBr)c2ccc(OC)cc2)cc1. The number of hydrogen-bond donors (Lipinski definition) is 0. The molecule has 0 amide bonds. The zero-order valence-electron chi connectivity index (χ0n) is 16.0. The van der Waals surface area contributed by atoms with Gasteiger partial charge < -0.3 is 14.2 Å². The van der Waals surface area contributed by atoms with Crippen molar-refractivity contribution in [2.45, 2.75) is 37.9 Å². The third kappa shape index (κ3) is 7.13. The molecule has 0 aliphatic heterocycles. The zero-order valence-corrected chi connectivity index (χ0v) is 19.2. The molecule has 0 aliphatic carbocycles. The van der Waals surface area contributed by atoms with Gasteiger partial charge in [0.05, 0.1) is 26.4 Å². The summed E-state index contributed by atoms with van der Waals surface area (Å²) < 4.78 is 17.2. The monoisotopic (exact) mass is 498 g/mol.